The Morgan fingerprint density at radius 1 is 1.28 bits per heavy atom. The first-order valence-electron chi connectivity index (χ1n) is 7.21. The topological polar surface area (TPSA) is 46.5 Å². The maximum Gasteiger partial charge on any atom is 0.303 e. The normalized spacial score (nSPS) is 12.0. The van der Waals surface area contributed by atoms with E-state index in [1.807, 2.05) is 0 Å². The molecule has 0 fully saturated rings. The van der Waals surface area contributed by atoms with E-state index in [-0.39, 0.29) is 11.3 Å². The zero-order valence-corrected chi connectivity index (χ0v) is 14.5. The smallest absolute Gasteiger partial charge is 0.303 e. The number of hydrogen-bond acceptors (Lipinski definition) is 2. The van der Waals surface area contributed by atoms with Crippen LogP contribution in [-0.4, -0.2) is 11.0 Å². The summed E-state index contributed by atoms with van der Waals surface area (Å²) in [6.45, 7) is 8.23. The zero-order valence-electron chi connectivity index (χ0n) is 12.9. The molecule has 0 radical (unpaired) electrons. The van der Waals surface area contributed by atoms with Gasteiger partial charge in [-0.3, -0.25) is 4.79 Å². The summed E-state index contributed by atoms with van der Waals surface area (Å²) in [5, 5.41) is 0.709. The van der Waals surface area contributed by atoms with Gasteiger partial charge >= 0.3 is 5.97 Å². The Bertz CT molecular complexity index is 1020. The van der Waals surface area contributed by atoms with E-state index in [1.165, 1.54) is 25.1 Å². The van der Waals surface area contributed by atoms with E-state index < -0.39 is 23.7 Å². The number of nitrogens with zero attached hydrogens (tertiary/aromatic N) is 1. The lowest BCUT2D eigenvalue weighted by atomic mass is 9.98. The van der Waals surface area contributed by atoms with Gasteiger partial charge in [-0.15, -0.1) is 0 Å². The molecule has 1 atom stereocenters. The largest absolute Gasteiger partial charge is 0.453 e. The average Bonchev–Trinajstić information content (AvgIpc) is 3.02. The molecule has 0 spiro atoms. The first kappa shape index (κ1) is 17.1. The van der Waals surface area contributed by atoms with Gasteiger partial charge in [-0.2, -0.15) is 0 Å². The van der Waals surface area contributed by atoms with Gasteiger partial charge in [-0.25, -0.2) is 13.6 Å². The van der Waals surface area contributed by atoms with E-state index in [9.17, 15) is 13.6 Å². The summed E-state index contributed by atoms with van der Waals surface area (Å²) in [4.78, 5) is 17.6. The van der Waals surface area contributed by atoms with E-state index in [2.05, 4.69) is 25.8 Å². The van der Waals surface area contributed by atoms with Crippen LogP contribution in [0.3, 0.4) is 0 Å². The molecule has 1 aromatic heterocycles. The minimum atomic E-state index is -1.12. The molecule has 1 unspecified atom stereocenters. The van der Waals surface area contributed by atoms with Gasteiger partial charge in [0.15, 0.2) is 6.10 Å². The molecular weight excluding hydrogens is 394 g/mol. The maximum atomic E-state index is 14.7. The van der Waals surface area contributed by atoms with Crippen LogP contribution in [0.2, 0.25) is 0 Å². The fraction of sp³-hybridized carbons (Fsp3) is 0.111. The van der Waals surface area contributed by atoms with Crippen LogP contribution in [0.4, 0.5) is 14.5 Å². The van der Waals surface area contributed by atoms with Crippen LogP contribution in [0.5, 0.6) is 0 Å². The number of halogens is 3. The molecule has 3 rings (SSSR count). The van der Waals surface area contributed by atoms with Crippen LogP contribution in [0.15, 0.2) is 41.0 Å². The molecule has 3 aromatic rings. The Morgan fingerprint density at radius 2 is 2.04 bits per heavy atom. The number of nitrogens with one attached hydrogen (secondary N) is 1. The molecule has 0 saturated carbocycles. The summed E-state index contributed by atoms with van der Waals surface area (Å²) >= 11 is 3.36. The highest BCUT2D eigenvalue weighted by Gasteiger charge is 2.26. The number of carbonyl (C=O) groups is 1. The van der Waals surface area contributed by atoms with Gasteiger partial charge < -0.3 is 9.72 Å². The SMILES string of the molecule is [C-]#[N+]c1cc(C(OC(C)=O)c2c(F)cc3[nH]ccc3c2Br)ccc1F. The molecule has 1 heterocycles. The van der Waals surface area contributed by atoms with E-state index >= 15 is 0 Å². The molecule has 2 aromatic carbocycles. The van der Waals surface area contributed by atoms with Gasteiger partial charge in [0, 0.05) is 34.1 Å². The lowest BCUT2D eigenvalue weighted by molar-refractivity contribution is -0.144. The summed E-state index contributed by atoms with van der Waals surface area (Å²) in [7, 11) is 0. The number of hydrogen-bond donors (Lipinski definition) is 1. The van der Waals surface area contributed by atoms with Crippen LogP contribution in [-0.2, 0) is 9.53 Å². The molecule has 0 bridgehead atoms. The third-order valence-corrected chi connectivity index (χ3v) is 4.57. The van der Waals surface area contributed by atoms with Gasteiger partial charge in [-0.05, 0) is 45.8 Å². The second-order valence-corrected chi connectivity index (χ2v) is 6.13. The van der Waals surface area contributed by atoms with Crippen molar-refractivity contribution in [3.05, 3.63) is 75.2 Å². The highest BCUT2D eigenvalue weighted by atomic mass is 79.9. The predicted molar refractivity (Wildman–Crippen MR) is 92.2 cm³/mol. The van der Waals surface area contributed by atoms with Gasteiger partial charge in [0.25, 0.3) is 0 Å². The number of benzene rings is 2. The lowest BCUT2D eigenvalue weighted by Crippen LogP contribution is -2.13. The minimum absolute atomic E-state index is 0.102. The van der Waals surface area contributed by atoms with E-state index in [0.717, 1.165) is 6.07 Å². The van der Waals surface area contributed by atoms with Crippen LogP contribution >= 0.6 is 15.9 Å². The molecule has 25 heavy (non-hydrogen) atoms. The van der Waals surface area contributed by atoms with Gasteiger partial charge in [0.05, 0.1) is 6.57 Å². The average molecular weight is 405 g/mol. The summed E-state index contributed by atoms with van der Waals surface area (Å²) in [6, 6.07) is 6.77. The molecule has 126 valence electrons. The monoisotopic (exact) mass is 404 g/mol. The molecule has 1 N–H and O–H groups in total. The molecule has 0 aliphatic heterocycles. The first-order valence-corrected chi connectivity index (χ1v) is 8.00. The summed E-state index contributed by atoms with van der Waals surface area (Å²) < 4.78 is 34.1. The molecule has 0 amide bonds. The van der Waals surface area contributed by atoms with Crippen LogP contribution in [0.1, 0.15) is 24.2 Å². The van der Waals surface area contributed by atoms with Crippen molar-refractivity contribution in [3.63, 3.8) is 0 Å². The van der Waals surface area contributed by atoms with E-state index in [1.54, 1.807) is 12.3 Å². The van der Waals surface area contributed by atoms with Crippen molar-refractivity contribution in [1.82, 2.24) is 4.98 Å². The van der Waals surface area contributed by atoms with Crippen LogP contribution in [0, 0.1) is 18.2 Å². The Hall–Kier alpha value is -2.72. The Morgan fingerprint density at radius 3 is 2.72 bits per heavy atom. The van der Waals surface area contributed by atoms with Crippen molar-refractivity contribution >= 4 is 38.5 Å². The number of aromatic amines is 1. The second kappa shape index (κ2) is 6.65. The van der Waals surface area contributed by atoms with Gasteiger partial charge in [0.2, 0.25) is 5.69 Å². The number of carbonyl (C=O) groups excluding carboxylic acids is 1. The third kappa shape index (κ3) is 3.13. The van der Waals surface area contributed by atoms with Crippen LogP contribution in [0.25, 0.3) is 15.7 Å². The quantitative estimate of drug-likeness (QED) is 0.468. The number of H-pyrrole nitrogens is 1. The third-order valence-electron chi connectivity index (χ3n) is 3.72. The molecule has 7 heteroatoms. The Balaban J connectivity index is 2.24. The summed E-state index contributed by atoms with van der Waals surface area (Å²) in [6.07, 6.45) is 0.543. The summed E-state index contributed by atoms with van der Waals surface area (Å²) in [5.74, 6) is -1.91. The van der Waals surface area contributed by atoms with E-state index in [4.69, 9.17) is 11.3 Å². The maximum absolute atomic E-state index is 14.7. The number of fused-ring (bicyclic) bond motifs is 1. The number of aromatic nitrogens is 1. The molecular formula is C18H11BrF2N2O2. The van der Waals surface area contributed by atoms with Gasteiger partial charge in [0.1, 0.15) is 11.6 Å². The van der Waals surface area contributed by atoms with Crippen molar-refractivity contribution in [1.29, 1.82) is 0 Å². The number of rotatable bonds is 3. The highest BCUT2D eigenvalue weighted by molar-refractivity contribution is 9.10. The zero-order chi connectivity index (χ0) is 18.1. The van der Waals surface area contributed by atoms with Crippen LogP contribution < -0.4 is 0 Å². The van der Waals surface area contributed by atoms with Crippen molar-refractivity contribution < 1.29 is 18.3 Å². The Labute approximate surface area is 150 Å². The highest BCUT2D eigenvalue weighted by Crippen LogP contribution is 2.39. The molecule has 0 aliphatic rings. The van der Waals surface area contributed by atoms with E-state index in [0.29, 0.717) is 20.9 Å². The minimum Gasteiger partial charge on any atom is -0.453 e. The van der Waals surface area contributed by atoms with Crippen molar-refractivity contribution in [2.75, 3.05) is 0 Å². The molecule has 0 saturated heterocycles. The summed E-state index contributed by atoms with van der Waals surface area (Å²) in [5.41, 5.74) is 0.756. The number of esters is 1. The Kier molecular flexibility index (Phi) is 4.55. The standard InChI is InChI=1S/C18H11BrF2N2O2/c1-9(24)25-18(10-3-4-12(20)15(7-10)22-2)16-13(21)8-14-11(17(16)19)5-6-23-14/h3-8,18,23H,1H3. The number of ether oxygens (including phenoxy) is 1. The fourth-order valence-electron chi connectivity index (χ4n) is 2.63. The first-order chi connectivity index (χ1) is 11.9. The van der Waals surface area contributed by atoms with Gasteiger partial charge in [-0.1, -0.05) is 6.07 Å². The van der Waals surface area contributed by atoms with Crippen molar-refractivity contribution in [2.45, 2.75) is 13.0 Å². The molecule has 0 aliphatic carbocycles. The predicted octanol–water partition coefficient (Wildman–Crippen LogP) is 5.41. The van der Waals surface area contributed by atoms with Crippen molar-refractivity contribution in [3.8, 4) is 0 Å². The fourth-order valence-corrected chi connectivity index (χ4v) is 3.37. The molecule has 4 nitrogen and oxygen atoms in total. The van der Waals surface area contributed by atoms with Crippen molar-refractivity contribution in [2.24, 2.45) is 0 Å². The second-order valence-electron chi connectivity index (χ2n) is 5.34. The lowest BCUT2D eigenvalue weighted by Gasteiger charge is -2.21.